The lowest BCUT2D eigenvalue weighted by Crippen LogP contribution is -2.64. The largest absolute Gasteiger partial charge is 0.512 e. The fourth-order valence-electron chi connectivity index (χ4n) is 3.17. The van der Waals surface area contributed by atoms with Gasteiger partial charge >= 0.3 is 6.18 Å². The summed E-state index contributed by atoms with van der Waals surface area (Å²) in [6.45, 7) is 0.805. The van der Waals surface area contributed by atoms with E-state index in [1.165, 1.54) is 30.3 Å². The van der Waals surface area contributed by atoms with Crippen molar-refractivity contribution in [3.8, 4) is 0 Å². The second-order valence-corrected chi connectivity index (χ2v) is 6.45. The van der Waals surface area contributed by atoms with Crippen molar-refractivity contribution in [2.45, 2.75) is 18.6 Å². The van der Waals surface area contributed by atoms with Gasteiger partial charge in [0, 0.05) is 5.56 Å². The van der Waals surface area contributed by atoms with Crippen LogP contribution in [0.15, 0.2) is 65.9 Å². The standard InChI is InChI=1S/C20H14F4N2O4/c1-11(27)15-17(29)26(14-5-3-2-4-6-14)18(30)19(15,20(22,23)24)25-16(28)12-7-9-13(21)10-8-12/h2-10,27H,1H3,(H,25,28)/b15-11+/t19-/m1/s1. The van der Waals surface area contributed by atoms with E-state index in [9.17, 15) is 37.1 Å². The zero-order chi connectivity index (χ0) is 22.3. The summed E-state index contributed by atoms with van der Waals surface area (Å²) < 4.78 is 55.9. The smallest absolute Gasteiger partial charge is 0.425 e. The lowest BCUT2D eigenvalue weighted by molar-refractivity contribution is -0.184. The minimum atomic E-state index is -5.49. The number of rotatable bonds is 3. The van der Waals surface area contributed by atoms with Crippen LogP contribution in [0.3, 0.4) is 0 Å². The molecule has 6 nitrogen and oxygen atoms in total. The second kappa shape index (κ2) is 7.29. The number of aliphatic hydroxyl groups is 1. The van der Waals surface area contributed by atoms with Crippen LogP contribution >= 0.6 is 0 Å². The Kier molecular flexibility index (Phi) is 5.11. The highest BCUT2D eigenvalue weighted by Gasteiger charge is 2.72. The van der Waals surface area contributed by atoms with Gasteiger partial charge in [-0.05, 0) is 43.3 Å². The first kappa shape index (κ1) is 21.0. The van der Waals surface area contributed by atoms with E-state index in [2.05, 4.69) is 0 Å². The summed E-state index contributed by atoms with van der Waals surface area (Å²) in [6, 6.07) is 10.3. The summed E-state index contributed by atoms with van der Waals surface area (Å²) in [6.07, 6.45) is -5.49. The number of nitrogens with one attached hydrogen (secondary N) is 1. The van der Waals surface area contributed by atoms with Crippen LogP contribution in [0.25, 0.3) is 0 Å². The summed E-state index contributed by atoms with van der Waals surface area (Å²) in [7, 11) is 0. The topological polar surface area (TPSA) is 86.7 Å². The number of nitrogens with zero attached hydrogens (tertiary/aromatic N) is 1. The van der Waals surface area contributed by atoms with Crippen molar-refractivity contribution in [2.24, 2.45) is 0 Å². The predicted octanol–water partition coefficient (Wildman–Crippen LogP) is 3.26. The molecule has 1 atom stereocenters. The highest BCUT2D eigenvalue weighted by molar-refractivity contribution is 6.34. The molecule has 3 amide bonds. The van der Waals surface area contributed by atoms with Gasteiger partial charge in [0.25, 0.3) is 23.3 Å². The number of alkyl halides is 3. The van der Waals surface area contributed by atoms with E-state index in [0.29, 0.717) is 0 Å². The minimum Gasteiger partial charge on any atom is -0.512 e. The monoisotopic (exact) mass is 422 g/mol. The number of imide groups is 1. The Morgan fingerprint density at radius 1 is 1.03 bits per heavy atom. The zero-order valence-electron chi connectivity index (χ0n) is 15.3. The number of hydrogen-bond donors (Lipinski definition) is 2. The summed E-state index contributed by atoms with van der Waals surface area (Å²) in [5.74, 6) is -6.43. The van der Waals surface area contributed by atoms with Crippen molar-refractivity contribution in [3.05, 3.63) is 77.3 Å². The molecule has 2 aromatic carbocycles. The Labute approximate surface area is 167 Å². The molecular formula is C20H14F4N2O4. The maximum Gasteiger partial charge on any atom is 0.425 e. The van der Waals surface area contributed by atoms with Gasteiger partial charge in [-0.25, -0.2) is 9.29 Å². The van der Waals surface area contributed by atoms with Crippen molar-refractivity contribution < 1.29 is 37.1 Å². The van der Waals surface area contributed by atoms with Crippen LogP contribution in [0, 0.1) is 5.82 Å². The van der Waals surface area contributed by atoms with E-state index in [-0.39, 0.29) is 16.2 Å². The highest BCUT2D eigenvalue weighted by atomic mass is 19.4. The SMILES string of the molecule is C/C(O)=C1/C(=O)N(c2ccccc2)C(=O)[C@@]1(NC(=O)c1ccc(F)cc1)C(F)(F)F. The van der Waals surface area contributed by atoms with Gasteiger partial charge in [-0.2, -0.15) is 13.2 Å². The van der Waals surface area contributed by atoms with E-state index in [4.69, 9.17) is 0 Å². The summed E-state index contributed by atoms with van der Waals surface area (Å²) in [5.41, 5.74) is -5.70. The molecular weight excluding hydrogens is 408 g/mol. The molecule has 1 aliphatic heterocycles. The molecule has 1 fully saturated rings. The Morgan fingerprint density at radius 3 is 2.10 bits per heavy atom. The van der Waals surface area contributed by atoms with Gasteiger partial charge in [-0.1, -0.05) is 18.2 Å². The van der Waals surface area contributed by atoms with Crippen molar-refractivity contribution in [1.29, 1.82) is 0 Å². The molecule has 1 aliphatic rings. The van der Waals surface area contributed by atoms with Gasteiger partial charge < -0.3 is 10.4 Å². The molecule has 0 aromatic heterocycles. The first-order chi connectivity index (χ1) is 14.0. The quantitative estimate of drug-likeness (QED) is 0.344. The van der Waals surface area contributed by atoms with E-state index in [1.54, 1.807) is 5.32 Å². The molecule has 1 heterocycles. The molecule has 0 radical (unpaired) electrons. The normalized spacial score (nSPS) is 21.0. The molecule has 0 unspecified atom stereocenters. The summed E-state index contributed by atoms with van der Waals surface area (Å²) >= 11 is 0. The van der Waals surface area contributed by atoms with Crippen LogP contribution in [0.4, 0.5) is 23.2 Å². The fourth-order valence-corrected chi connectivity index (χ4v) is 3.17. The van der Waals surface area contributed by atoms with Crippen LogP contribution in [0.5, 0.6) is 0 Å². The molecule has 0 spiro atoms. The number of carbonyl (C=O) groups is 3. The molecule has 10 heteroatoms. The minimum absolute atomic E-state index is 0.173. The van der Waals surface area contributed by atoms with Gasteiger partial charge in [0.05, 0.1) is 11.3 Å². The molecule has 0 bridgehead atoms. The number of anilines is 1. The van der Waals surface area contributed by atoms with E-state index >= 15 is 0 Å². The van der Waals surface area contributed by atoms with Crippen molar-refractivity contribution in [2.75, 3.05) is 4.90 Å². The third-order valence-corrected chi connectivity index (χ3v) is 4.52. The molecule has 2 N–H and O–H groups in total. The third kappa shape index (κ3) is 3.19. The van der Waals surface area contributed by atoms with Crippen molar-refractivity contribution in [1.82, 2.24) is 5.32 Å². The number of allylic oxidation sites excluding steroid dienone is 1. The van der Waals surface area contributed by atoms with Gasteiger partial charge in [0.15, 0.2) is 0 Å². The Balaban J connectivity index is 2.19. The van der Waals surface area contributed by atoms with Gasteiger partial charge in [0.1, 0.15) is 11.6 Å². The number of amides is 3. The van der Waals surface area contributed by atoms with E-state index < -0.39 is 46.6 Å². The Bertz CT molecular complexity index is 1040. The number of carbonyl (C=O) groups excluding carboxylic acids is 3. The number of halogens is 4. The second-order valence-electron chi connectivity index (χ2n) is 6.45. The predicted molar refractivity (Wildman–Crippen MR) is 96.9 cm³/mol. The van der Waals surface area contributed by atoms with Crippen LogP contribution in [0.1, 0.15) is 17.3 Å². The lowest BCUT2D eigenvalue weighted by Gasteiger charge is -2.31. The number of hydrogen-bond acceptors (Lipinski definition) is 4. The maximum absolute atomic E-state index is 14.3. The lowest BCUT2D eigenvalue weighted by atomic mass is 9.89. The fraction of sp³-hybridized carbons (Fsp3) is 0.150. The third-order valence-electron chi connectivity index (χ3n) is 4.52. The van der Waals surface area contributed by atoms with Crippen LogP contribution in [-0.4, -0.2) is 34.5 Å². The maximum atomic E-state index is 14.3. The number of benzene rings is 2. The molecule has 2 aromatic rings. The van der Waals surface area contributed by atoms with E-state index in [1.807, 2.05) is 0 Å². The Morgan fingerprint density at radius 2 is 1.60 bits per heavy atom. The highest BCUT2D eigenvalue weighted by Crippen LogP contribution is 2.45. The molecule has 0 saturated carbocycles. The molecule has 156 valence electrons. The molecule has 3 rings (SSSR count). The van der Waals surface area contributed by atoms with Gasteiger partial charge in [-0.3, -0.25) is 14.4 Å². The van der Waals surface area contributed by atoms with Gasteiger partial charge in [-0.15, -0.1) is 0 Å². The Hall–Kier alpha value is -3.69. The average Bonchev–Trinajstić information content (AvgIpc) is 2.90. The summed E-state index contributed by atoms with van der Waals surface area (Å²) in [5, 5.41) is 11.5. The van der Waals surface area contributed by atoms with Crippen molar-refractivity contribution in [3.63, 3.8) is 0 Å². The van der Waals surface area contributed by atoms with Crippen molar-refractivity contribution >= 4 is 23.4 Å². The molecule has 30 heavy (non-hydrogen) atoms. The van der Waals surface area contributed by atoms with Gasteiger partial charge in [0.2, 0.25) is 0 Å². The number of para-hydroxylation sites is 1. The first-order valence-corrected chi connectivity index (χ1v) is 8.49. The zero-order valence-corrected chi connectivity index (χ0v) is 15.3. The first-order valence-electron chi connectivity index (χ1n) is 8.49. The average molecular weight is 422 g/mol. The van der Waals surface area contributed by atoms with E-state index in [0.717, 1.165) is 31.2 Å². The van der Waals surface area contributed by atoms with Crippen LogP contribution in [0.2, 0.25) is 0 Å². The summed E-state index contributed by atoms with van der Waals surface area (Å²) in [4.78, 5) is 38.5. The van der Waals surface area contributed by atoms with Crippen LogP contribution in [-0.2, 0) is 9.59 Å². The van der Waals surface area contributed by atoms with Crippen LogP contribution < -0.4 is 10.2 Å². The number of aliphatic hydroxyl groups excluding tert-OH is 1. The molecule has 1 saturated heterocycles. The molecule has 0 aliphatic carbocycles.